The van der Waals surface area contributed by atoms with Gasteiger partial charge in [0.25, 0.3) is 5.91 Å². The minimum atomic E-state index is -1.54. The van der Waals surface area contributed by atoms with Crippen LogP contribution in [0.2, 0.25) is 0 Å². The molecule has 136 valence electrons. The first kappa shape index (κ1) is 17.5. The molecule has 0 bridgehead atoms. The third-order valence-electron chi connectivity index (χ3n) is 3.31. The molecule has 7 heteroatoms. The normalized spacial score (nSPS) is 12.9. The lowest BCUT2D eigenvalue weighted by molar-refractivity contribution is -0.129. The first-order valence-corrected chi connectivity index (χ1v) is 7.88. The van der Waals surface area contributed by atoms with Gasteiger partial charge in [-0.25, -0.2) is 9.59 Å². The van der Waals surface area contributed by atoms with Gasteiger partial charge in [0.15, 0.2) is 6.10 Å². The van der Waals surface area contributed by atoms with Gasteiger partial charge in [-0.1, -0.05) is 48.5 Å². The van der Waals surface area contributed by atoms with E-state index in [1.54, 1.807) is 42.5 Å². The summed E-state index contributed by atoms with van der Waals surface area (Å²) in [7, 11) is 1.34. The van der Waals surface area contributed by atoms with Crippen molar-refractivity contribution in [3.63, 3.8) is 0 Å². The van der Waals surface area contributed by atoms with Gasteiger partial charge in [-0.15, -0.1) is 0 Å². The average molecular weight is 357 g/mol. The van der Waals surface area contributed by atoms with Crippen molar-refractivity contribution in [1.82, 2.24) is 10.6 Å². The second-order valence-corrected chi connectivity index (χ2v) is 5.18. The minimum Gasteiger partial charge on any atom is -0.447 e. The molecular weight excluding hydrogens is 336 g/mol. The monoisotopic (exact) mass is 357 g/mol. The maximum atomic E-state index is 12.1. The summed E-state index contributed by atoms with van der Waals surface area (Å²) in [6.07, 6.45) is -2.43. The molecule has 0 spiro atoms. The zero-order valence-electron chi connectivity index (χ0n) is 15.2. The van der Waals surface area contributed by atoms with Gasteiger partial charge in [0.05, 0.1) is 13.5 Å². The second-order valence-electron chi connectivity index (χ2n) is 5.18. The molecule has 7 nitrogen and oxygen atoms in total. The highest BCUT2D eigenvalue weighted by Crippen LogP contribution is 2.05. The summed E-state index contributed by atoms with van der Waals surface area (Å²) in [6, 6.07) is 17.0. The molecule has 2 N–H and O–H groups in total. The predicted molar refractivity (Wildman–Crippen MR) is 94.3 cm³/mol. The Balaban J connectivity index is 1.95. The summed E-state index contributed by atoms with van der Waals surface area (Å²) in [5.41, 5.74) is 0.998. The molecule has 0 aliphatic carbocycles. The summed E-state index contributed by atoms with van der Waals surface area (Å²) in [4.78, 5) is 36.0. The van der Waals surface area contributed by atoms with Crippen molar-refractivity contribution in [2.75, 3.05) is 13.6 Å². The van der Waals surface area contributed by atoms with Crippen LogP contribution in [0.4, 0.5) is 4.79 Å². The zero-order chi connectivity index (χ0) is 19.6. The maximum absolute atomic E-state index is 12.1. The average Bonchev–Trinajstić information content (AvgIpc) is 2.71. The number of alkyl carbamates (subject to hydrolysis) is 1. The molecule has 2 atom stereocenters. The molecule has 2 aromatic rings. The second kappa shape index (κ2) is 9.83. The Morgan fingerprint density at radius 2 is 1.65 bits per heavy atom. The molecule has 0 aliphatic rings. The van der Waals surface area contributed by atoms with E-state index in [4.69, 9.17) is 10.8 Å². The van der Waals surface area contributed by atoms with Gasteiger partial charge >= 0.3 is 12.1 Å². The van der Waals surface area contributed by atoms with Crippen LogP contribution in [-0.2, 0) is 20.9 Å². The van der Waals surface area contributed by atoms with Crippen molar-refractivity contribution in [1.29, 1.82) is 0 Å². The van der Waals surface area contributed by atoms with E-state index < -0.39 is 30.6 Å². The topological polar surface area (TPSA) is 93.7 Å². The van der Waals surface area contributed by atoms with Gasteiger partial charge in [-0.05, 0) is 17.7 Å². The molecule has 0 fully saturated rings. The van der Waals surface area contributed by atoms with Gasteiger partial charge < -0.3 is 20.1 Å². The largest absolute Gasteiger partial charge is 0.447 e. The summed E-state index contributed by atoms with van der Waals surface area (Å²) >= 11 is 0. The first-order chi connectivity index (χ1) is 13.0. The lowest BCUT2D eigenvalue weighted by atomic mass is 10.2. The van der Waals surface area contributed by atoms with Crippen LogP contribution in [0.5, 0.6) is 0 Å². The smallest absolute Gasteiger partial charge is 0.407 e. The standard InChI is InChI=1S/C19H20N2O5/c1-20-17(22)16(26-18(23)15-10-6-3-7-11-15)12-21-19(24)25-13-14-8-4-2-5-9-14/h2-11,16H,12-13H2,1H3,(H,20,22)(H,21,24)/i12D. The molecule has 2 rings (SSSR count). The molecule has 0 radical (unpaired) electrons. The van der Waals surface area contributed by atoms with Gasteiger partial charge in [0.1, 0.15) is 6.61 Å². The molecule has 0 aromatic heterocycles. The van der Waals surface area contributed by atoms with Crippen molar-refractivity contribution in [2.45, 2.75) is 12.7 Å². The number of amides is 2. The van der Waals surface area contributed by atoms with Crippen LogP contribution in [-0.4, -0.2) is 37.6 Å². The minimum absolute atomic E-state index is 0.00778. The number of carbonyl (C=O) groups is 3. The van der Waals surface area contributed by atoms with Crippen LogP contribution in [0.15, 0.2) is 60.7 Å². The number of hydrogen-bond acceptors (Lipinski definition) is 5. The van der Waals surface area contributed by atoms with Crippen molar-refractivity contribution in [3.05, 3.63) is 71.8 Å². The van der Waals surface area contributed by atoms with Crippen LogP contribution in [0.3, 0.4) is 0 Å². The van der Waals surface area contributed by atoms with E-state index in [2.05, 4.69) is 10.6 Å². The number of hydrogen-bond donors (Lipinski definition) is 2. The van der Waals surface area contributed by atoms with E-state index in [0.717, 1.165) is 5.56 Å². The Kier molecular flexibility index (Phi) is 6.60. The van der Waals surface area contributed by atoms with Crippen LogP contribution in [0, 0.1) is 0 Å². The molecule has 2 aromatic carbocycles. The predicted octanol–water partition coefficient (Wildman–Crippen LogP) is 1.88. The molecule has 26 heavy (non-hydrogen) atoms. The molecule has 0 saturated heterocycles. The van der Waals surface area contributed by atoms with Crippen molar-refractivity contribution in [3.8, 4) is 0 Å². The van der Waals surface area contributed by atoms with Crippen molar-refractivity contribution >= 4 is 18.0 Å². The molecular formula is C19H20N2O5. The quantitative estimate of drug-likeness (QED) is 0.738. The van der Waals surface area contributed by atoms with E-state index in [-0.39, 0.29) is 12.2 Å². The molecule has 0 aliphatic heterocycles. The van der Waals surface area contributed by atoms with Crippen LogP contribution in [0.1, 0.15) is 17.3 Å². The van der Waals surface area contributed by atoms with E-state index in [1.807, 2.05) is 6.07 Å². The number of esters is 1. The third kappa shape index (κ3) is 5.94. The fourth-order valence-electron chi connectivity index (χ4n) is 1.97. The lowest BCUT2D eigenvalue weighted by Gasteiger charge is -2.17. The molecule has 0 saturated carbocycles. The van der Waals surface area contributed by atoms with Gasteiger partial charge in [0.2, 0.25) is 0 Å². The number of carbonyl (C=O) groups excluding carboxylic acids is 3. The SMILES string of the molecule is [2H]C(NC(=O)OCc1ccccc1)C(OC(=O)c1ccccc1)C(=O)NC. The molecule has 0 heterocycles. The number of benzene rings is 2. The van der Waals surface area contributed by atoms with E-state index in [1.165, 1.54) is 19.2 Å². The third-order valence-corrected chi connectivity index (χ3v) is 3.31. The molecule has 2 unspecified atom stereocenters. The fraction of sp³-hybridized carbons (Fsp3) is 0.211. The summed E-state index contributed by atoms with van der Waals surface area (Å²) in [6.45, 7) is -1.53. The number of nitrogens with one attached hydrogen (secondary N) is 2. The Hall–Kier alpha value is -3.35. The lowest BCUT2D eigenvalue weighted by Crippen LogP contribution is -2.44. The summed E-state index contributed by atoms with van der Waals surface area (Å²) < 4.78 is 18.1. The highest BCUT2D eigenvalue weighted by Gasteiger charge is 2.23. The zero-order valence-corrected chi connectivity index (χ0v) is 14.2. The van der Waals surface area contributed by atoms with Crippen LogP contribution < -0.4 is 10.6 Å². The van der Waals surface area contributed by atoms with Gasteiger partial charge in [-0.2, -0.15) is 0 Å². The number of ether oxygens (including phenoxy) is 2. The van der Waals surface area contributed by atoms with Crippen molar-refractivity contribution < 1.29 is 25.2 Å². The van der Waals surface area contributed by atoms with Crippen molar-refractivity contribution in [2.24, 2.45) is 0 Å². The van der Waals surface area contributed by atoms with E-state index in [9.17, 15) is 14.4 Å². The summed E-state index contributed by atoms with van der Waals surface area (Å²) in [5, 5.41) is 4.50. The van der Waals surface area contributed by atoms with Gasteiger partial charge in [0, 0.05) is 7.05 Å². The Morgan fingerprint density at radius 3 is 2.27 bits per heavy atom. The number of likely N-dealkylation sites (N-methyl/N-ethyl adjacent to an activating group) is 1. The summed E-state index contributed by atoms with van der Waals surface area (Å²) in [5.74, 6) is -1.50. The van der Waals surface area contributed by atoms with Crippen LogP contribution in [0.25, 0.3) is 0 Å². The Bertz CT molecular complexity index is 770. The fourth-order valence-corrected chi connectivity index (χ4v) is 1.97. The Morgan fingerprint density at radius 1 is 1.04 bits per heavy atom. The number of rotatable bonds is 7. The van der Waals surface area contributed by atoms with E-state index in [0.29, 0.717) is 0 Å². The van der Waals surface area contributed by atoms with Gasteiger partial charge in [-0.3, -0.25) is 4.79 Å². The van der Waals surface area contributed by atoms with E-state index >= 15 is 0 Å². The Labute approximate surface area is 152 Å². The van der Waals surface area contributed by atoms with Crippen LogP contribution >= 0.6 is 0 Å². The maximum Gasteiger partial charge on any atom is 0.407 e. The highest BCUT2D eigenvalue weighted by molar-refractivity contribution is 5.92. The molecule has 2 amide bonds. The highest BCUT2D eigenvalue weighted by atomic mass is 16.6. The first-order valence-electron chi connectivity index (χ1n) is 8.46.